The molecule has 0 aromatic heterocycles. The van der Waals surface area contributed by atoms with Crippen molar-refractivity contribution in [3.05, 3.63) is 0 Å². The molecule has 3 unspecified atom stereocenters. The molecule has 3 nitrogen and oxygen atoms in total. The molecule has 1 saturated heterocycles. The van der Waals surface area contributed by atoms with Gasteiger partial charge in [-0.15, -0.1) is 0 Å². The first-order valence-electron chi connectivity index (χ1n) is 6.80. The topological polar surface area (TPSA) is 32.3 Å². The summed E-state index contributed by atoms with van der Waals surface area (Å²) in [5.74, 6) is 1.88. The van der Waals surface area contributed by atoms with Crippen LogP contribution < -0.4 is 5.32 Å². The zero-order valence-electron chi connectivity index (χ0n) is 11.1. The van der Waals surface area contributed by atoms with E-state index in [4.69, 9.17) is 0 Å². The Bertz CT molecular complexity index is 283. The summed E-state index contributed by atoms with van der Waals surface area (Å²) in [6.07, 6.45) is 3.74. The third-order valence-electron chi connectivity index (χ3n) is 3.90. The Morgan fingerprint density at radius 1 is 1.47 bits per heavy atom. The summed E-state index contributed by atoms with van der Waals surface area (Å²) < 4.78 is 0. The van der Waals surface area contributed by atoms with E-state index in [0.29, 0.717) is 23.1 Å². The highest BCUT2D eigenvalue weighted by molar-refractivity contribution is 7.99. The molecule has 1 amide bonds. The van der Waals surface area contributed by atoms with Gasteiger partial charge < -0.3 is 4.90 Å². The number of carbonyl (C=O) groups excluding carboxylic acids is 1. The minimum Gasteiger partial charge on any atom is -0.324 e. The van der Waals surface area contributed by atoms with Crippen LogP contribution in [-0.2, 0) is 4.79 Å². The maximum Gasteiger partial charge on any atom is 0.241 e. The van der Waals surface area contributed by atoms with E-state index in [9.17, 15) is 4.79 Å². The van der Waals surface area contributed by atoms with Crippen LogP contribution in [0.4, 0.5) is 0 Å². The Kier molecular flexibility index (Phi) is 4.36. The molecule has 1 aliphatic carbocycles. The van der Waals surface area contributed by atoms with Crippen molar-refractivity contribution in [3.8, 4) is 0 Å². The molecule has 2 aliphatic rings. The Morgan fingerprint density at radius 3 is 2.82 bits per heavy atom. The number of hydrogen-bond donors (Lipinski definition) is 1. The van der Waals surface area contributed by atoms with Gasteiger partial charge in [0, 0.05) is 11.3 Å². The van der Waals surface area contributed by atoms with Gasteiger partial charge in [-0.1, -0.05) is 27.2 Å². The number of thioether (sulfide) groups is 1. The predicted octanol–water partition coefficient (Wildman–Crippen LogP) is 2.07. The molecule has 17 heavy (non-hydrogen) atoms. The van der Waals surface area contributed by atoms with Crippen LogP contribution >= 0.6 is 11.8 Å². The van der Waals surface area contributed by atoms with Crippen molar-refractivity contribution in [1.29, 1.82) is 0 Å². The molecule has 0 radical (unpaired) electrons. The van der Waals surface area contributed by atoms with Crippen LogP contribution in [-0.4, -0.2) is 40.6 Å². The molecule has 98 valence electrons. The fraction of sp³-hybridized carbons (Fsp3) is 0.923. The second kappa shape index (κ2) is 5.61. The van der Waals surface area contributed by atoms with Crippen molar-refractivity contribution in [2.24, 2.45) is 5.92 Å². The molecule has 4 heteroatoms. The monoisotopic (exact) mass is 256 g/mol. The van der Waals surface area contributed by atoms with Crippen molar-refractivity contribution in [2.75, 3.05) is 12.4 Å². The first kappa shape index (κ1) is 13.2. The predicted molar refractivity (Wildman–Crippen MR) is 73.0 cm³/mol. The second-order valence-corrected chi connectivity index (χ2v) is 6.90. The van der Waals surface area contributed by atoms with Gasteiger partial charge in [0.1, 0.15) is 0 Å². The van der Waals surface area contributed by atoms with E-state index in [1.54, 1.807) is 0 Å². The smallest absolute Gasteiger partial charge is 0.241 e. The molecule has 0 bridgehead atoms. The van der Waals surface area contributed by atoms with Crippen LogP contribution in [0.2, 0.25) is 0 Å². The van der Waals surface area contributed by atoms with E-state index >= 15 is 0 Å². The lowest BCUT2D eigenvalue weighted by Crippen LogP contribution is -2.42. The number of hydrogen-bond acceptors (Lipinski definition) is 3. The standard InChI is InChI=1S/C13H24N2OS/c1-4-17-11-7-5-6-10(11)15-8-14-12(9(2)3)13(15)16/h9-12,14H,4-8H2,1-3H3. The molecule has 1 aliphatic heterocycles. The molecule has 0 spiro atoms. The summed E-state index contributed by atoms with van der Waals surface area (Å²) in [4.78, 5) is 14.4. The molecule has 2 fully saturated rings. The van der Waals surface area contributed by atoms with Gasteiger partial charge in [0.15, 0.2) is 0 Å². The molecule has 0 aromatic rings. The average molecular weight is 256 g/mol. The fourth-order valence-corrected chi connectivity index (χ4v) is 4.28. The van der Waals surface area contributed by atoms with E-state index in [1.165, 1.54) is 19.3 Å². The average Bonchev–Trinajstić information content (AvgIpc) is 2.85. The number of carbonyl (C=O) groups is 1. The Hall–Kier alpha value is -0.220. The summed E-state index contributed by atoms with van der Waals surface area (Å²) in [6.45, 7) is 7.20. The summed E-state index contributed by atoms with van der Waals surface area (Å²) in [7, 11) is 0. The molecule has 0 aromatic carbocycles. The zero-order valence-corrected chi connectivity index (χ0v) is 11.9. The van der Waals surface area contributed by atoms with Crippen molar-refractivity contribution in [1.82, 2.24) is 10.2 Å². The lowest BCUT2D eigenvalue weighted by atomic mass is 10.0. The molecule has 1 N–H and O–H groups in total. The van der Waals surface area contributed by atoms with Gasteiger partial charge in [0.2, 0.25) is 5.91 Å². The van der Waals surface area contributed by atoms with Gasteiger partial charge in [-0.25, -0.2) is 0 Å². The Labute approximate surface area is 109 Å². The second-order valence-electron chi connectivity index (χ2n) is 5.38. The van der Waals surface area contributed by atoms with Crippen LogP contribution in [0.3, 0.4) is 0 Å². The largest absolute Gasteiger partial charge is 0.324 e. The van der Waals surface area contributed by atoms with E-state index in [2.05, 4.69) is 31.0 Å². The van der Waals surface area contributed by atoms with Gasteiger partial charge in [0.05, 0.1) is 12.7 Å². The van der Waals surface area contributed by atoms with E-state index in [1.807, 2.05) is 11.8 Å². The summed E-state index contributed by atoms with van der Waals surface area (Å²) in [5.41, 5.74) is 0. The highest BCUT2D eigenvalue weighted by Crippen LogP contribution is 2.34. The van der Waals surface area contributed by atoms with Crippen molar-refractivity contribution in [3.63, 3.8) is 0 Å². The molecule has 3 atom stereocenters. The van der Waals surface area contributed by atoms with E-state index in [-0.39, 0.29) is 6.04 Å². The quantitative estimate of drug-likeness (QED) is 0.836. The number of amides is 1. The summed E-state index contributed by atoms with van der Waals surface area (Å²) in [5, 5.41) is 4.03. The normalized spacial score (nSPS) is 34.0. The van der Waals surface area contributed by atoms with Crippen molar-refractivity contribution in [2.45, 2.75) is 57.4 Å². The minimum atomic E-state index is 0.0443. The zero-order chi connectivity index (χ0) is 12.4. The van der Waals surface area contributed by atoms with Gasteiger partial charge in [-0.05, 0) is 24.5 Å². The van der Waals surface area contributed by atoms with Crippen LogP contribution in [0.5, 0.6) is 0 Å². The van der Waals surface area contributed by atoms with Crippen molar-refractivity contribution >= 4 is 17.7 Å². The highest BCUT2D eigenvalue weighted by atomic mass is 32.2. The molecule has 1 saturated carbocycles. The lowest BCUT2D eigenvalue weighted by Gasteiger charge is -2.28. The van der Waals surface area contributed by atoms with Gasteiger partial charge >= 0.3 is 0 Å². The van der Waals surface area contributed by atoms with E-state index in [0.717, 1.165) is 12.4 Å². The van der Waals surface area contributed by atoms with Gasteiger partial charge in [-0.2, -0.15) is 11.8 Å². The van der Waals surface area contributed by atoms with Gasteiger partial charge in [0.25, 0.3) is 0 Å². The maximum absolute atomic E-state index is 12.3. The highest BCUT2D eigenvalue weighted by Gasteiger charge is 2.41. The minimum absolute atomic E-state index is 0.0443. The van der Waals surface area contributed by atoms with Crippen LogP contribution in [0.1, 0.15) is 40.0 Å². The van der Waals surface area contributed by atoms with Crippen molar-refractivity contribution < 1.29 is 4.79 Å². The lowest BCUT2D eigenvalue weighted by molar-refractivity contribution is -0.131. The summed E-state index contributed by atoms with van der Waals surface area (Å²) >= 11 is 2.02. The molecular formula is C13H24N2OS. The van der Waals surface area contributed by atoms with Crippen LogP contribution in [0.15, 0.2) is 0 Å². The number of nitrogens with zero attached hydrogens (tertiary/aromatic N) is 1. The third-order valence-corrected chi connectivity index (χ3v) is 5.21. The van der Waals surface area contributed by atoms with E-state index < -0.39 is 0 Å². The number of rotatable bonds is 4. The van der Waals surface area contributed by atoms with Gasteiger partial charge in [-0.3, -0.25) is 10.1 Å². The Balaban J connectivity index is 2.01. The summed E-state index contributed by atoms with van der Waals surface area (Å²) in [6, 6.07) is 0.520. The maximum atomic E-state index is 12.3. The molecule has 1 heterocycles. The molecule has 2 rings (SSSR count). The number of nitrogens with one attached hydrogen (secondary N) is 1. The van der Waals surface area contributed by atoms with Crippen LogP contribution in [0, 0.1) is 5.92 Å². The third kappa shape index (κ3) is 2.63. The molecular weight excluding hydrogens is 232 g/mol. The SMILES string of the molecule is CCSC1CCCC1N1CNC(C(C)C)C1=O. The first-order valence-corrected chi connectivity index (χ1v) is 7.85. The van der Waals surface area contributed by atoms with Crippen LogP contribution in [0.25, 0.3) is 0 Å². The fourth-order valence-electron chi connectivity index (χ4n) is 3.01. The first-order chi connectivity index (χ1) is 8.15. The Morgan fingerprint density at radius 2 is 2.24 bits per heavy atom.